The van der Waals surface area contributed by atoms with E-state index in [0.29, 0.717) is 21.4 Å². The van der Waals surface area contributed by atoms with Gasteiger partial charge in [0.1, 0.15) is 0 Å². The zero-order valence-corrected chi connectivity index (χ0v) is 13.7. The van der Waals surface area contributed by atoms with Crippen molar-refractivity contribution in [1.29, 1.82) is 0 Å². The number of halogens is 4. The lowest BCUT2D eigenvalue weighted by molar-refractivity contribution is 1.55. The molecule has 2 aromatic carbocycles. The molecule has 0 aliphatic rings. The van der Waals surface area contributed by atoms with Crippen LogP contribution in [0.25, 0.3) is 11.1 Å². The average molecular weight is 411 g/mol. The third-order valence-corrected chi connectivity index (χ3v) is 4.23. The molecule has 0 bridgehead atoms. The second kappa shape index (κ2) is 5.29. The van der Waals surface area contributed by atoms with E-state index in [2.05, 4.69) is 31.9 Å². The van der Waals surface area contributed by atoms with Gasteiger partial charge in [0, 0.05) is 31.4 Å². The summed E-state index contributed by atoms with van der Waals surface area (Å²) in [6.07, 6.45) is 0. The van der Waals surface area contributed by atoms with Crippen molar-refractivity contribution in [3.8, 4) is 11.1 Å². The van der Waals surface area contributed by atoms with Crippen molar-refractivity contribution in [3.63, 3.8) is 0 Å². The predicted octanol–water partition coefficient (Wildman–Crippen LogP) is 5.35. The third kappa shape index (κ3) is 2.62. The Balaban J connectivity index is 2.78. The van der Waals surface area contributed by atoms with Crippen LogP contribution in [0, 0.1) is 0 Å². The van der Waals surface area contributed by atoms with Gasteiger partial charge in [0.25, 0.3) is 0 Å². The number of nitrogen functional groups attached to an aromatic ring is 2. The van der Waals surface area contributed by atoms with Crippen molar-refractivity contribution in [2.75, 3.05) is 11.5 Å². The standard InChI is InChI=1S/C12H8Br2Cl2N2/c13-7-1-5(17)3-9(15)11(7)12-8(14)2-6(18)4-10(12)16/h1-4H,17-18H2. The molecule has 0 saturated heterocycles. The molecule has 0 unspecified atom stereocenters. The number of hydrogen-bond donors (Lipinski definition) is 2. The second-order valence-electron chi connectivity index (χ2n) is 3.72. The SMILES string of the molecule is Nc1cc(Cl)c(-c2c(Cl)cc(N)cc2Br)c(Br)c1. The van der Waals surface area contributed by atoms with Crippen LogP contribution in [-0.2, 0) is 0 Å². The maximum absolute atomic E-state index is 6.23. The molecule has 2 rings (SSSR count). The van der Waals surface area contributed by atoms with Gasteiger partial charge in [-0.1, -0.05) is 55.1 Å². The molecular formula is C12H8Br2Cl2N2. The van der Waals surface area contributed by atoms with Crippen LogP contribution in [0.4, 0.5) is 11.4 Å². The first kappa shape index (κ1) is 14.0. The van der Waals surface area contributed by atoms with Crippen molar-refractivity contribution in [2.45, 2.75) is 0 Å². The average Bonchev–Trinajstić information content (AvgIpc) is 2.20. The van der Waals surface area contributed by atoms with Crippen LogP contribution >= 0.6 is 55.1 Å². The fourth-order valence-electron chi connectivity index (χ4n) is 1.66. The van der Waals surface area contributed by atoms with Crippen LogP contribution in [0.15, 0.2) is 33.2 Å². The Morgan fingerprint density at radius 3 is 1.33 bits per heavy atom. The fourth-order valence-corrected chi connectivity index (χ4v) is 3.89. The summed E-state index contributed by atoms with van der Waals surface area (Å²) >= 11 is 19.4. The van der Waals surface area contributed by atoms with E-state index in [1.807, 2.05) is 0 Å². The largest absolute Gasteiger partial charge is 0.399 e. The molecule has 0 radical (unpaired) electrons. The number of anilines is 2. The molecule has 2 nitrogen and oxygen atoms in total. The Morgan fingerprint density at radius 1 is 0.722 bits per heavy atom. The van der Waals surface area contributed by atoms with Crippen LogP contribution in [0.3, 0.4) is 0 Å². The highest BCUT2D eigenvalue weighted by molar-refractivity contribution is 9.11. The monoisotopic (exact) mass is 408 g/mol. The zero-order valence-electron chi connectivity index (χ0n) is 8.98. The number of hydrogen-bond acceptors (Lipinski definition) is 2. The first-order valence-corrected chi connectivity index (χ1v) is 7.23. The summed E-state index contributed by atoms with van der Waals surface area (Å²) in [6, 6.07) is 6.92. The zero-order chi connectivity index (χ0) is 13.4. The van der Waals surface area contributed by atoms with Crippen LogP contribution < -0.4 is 11.5 Å². The van der Waals surface area contributed by atoms with Gasteiger partial charge in [-0.15, -0.1) is 0 Å². The second-order valence-corrected chi connectivity index (χ2v) is 6.24. The lowest BCUT2D eigenvalue weighted by atomic mass is 10.0. The number of rotatable bonds is 1. The van der Waals surface area contributed by atoms with Crippen molar-refractivity contribution in [2.24, 2.45) is 0 Å². The van der Waals surface area contributed by atoms with Gasteiger partial charge in [-0.05, 0) is 24.3 Å². The highest BCUT2D eigenvalue weighted by atomic mass is 79.9. The highest BCUT2D eigenvalue weighted by Gasteiger charge is 2.16. The molecule has 2 aromatic rings. The quantitative estimate of drug-likeness (QED) is 0.622. The predicted molar refractivity (Wildman–Crippen MR) is 86.1 cm³/mol. The summed E-state index contributed by atoms with van der Waals surface area (Å²) in [5.74, 6) is 0. The molecular weight excluding hydrogens is 403 g/mol. The van der Waals surface area contributed by atoms with Gasteiger partial charge in [-0.2, -0.15) is 0 Å². The van der Waals surface area contributed by atoms with E-state index in [-0.39, 0.29) is 0 Å². The number of benzene rings is 2. The molecule has 0 amide bonds. The summed E-state index contributed by atoms with van der Waals surface area (Å²) in [4.78, 5) is 0. The van der Waals surface area contributed by atoms with Gasteiger partial charge in [0.15, 0.2) is 0 Å². The first-order chi connectivity index (χ1) is 8.40. The summed E-state index contributed by atoms with van der Waals surface area (Å²) in [7, 11) is 0. The maximum Gasteiger partial charge on any atom is 0.0517 e. The summed E-state index contributed by atoms with van der Waals surface area (Å²) < 4.78 is 1.56. The van der Waals surface area contributed by atoms with Crippen molar-refractivity contribution in [1.82, 2.24) is 0 Å². The van der Waals surface area contributed by atoms with Crippen LogP contribution in [0.2, 0.25) is 10.0 Å². The number of nitrogens with two attached hydrogens (primary N) is 2. The van der Waals surface area contributed by atoms with Gasteiger partial charge in [0.2, 0.25) is 0 Å². The smallest absolute Gasteiger partial charge is 0.0517 e. The van der Waals surface area contributed by atoms with E-state index in [0.717, 1.165) is 20.1 Å². The van der Waals surface area contributed by atoms with Crippen molar-refractivity contribution < 1.29 is 0 Å². The lowest BCUT2D eigenvalue weighted by Gasteiger charge is -2.13. The van der Waals surface area contributed by atoms with E-state index in [9.17, 15) is 0 Å². The first-order valence-electron chi connectivity index (χ1n) is 4.89. The normalized spacial score (nSPS) is 10.7. The van der Waals surface area contributed by atoms with Crippen LogP contribution in [0.5, 0.6) is 0 Å². The lowest BCUT2D eigenvalue weighted by Crippen LogP contribution is -1.92. The van der Waals surface area contributed by atoms with Crippen LogP contribution in [0.1, 0.15) is 0 Å². The minimum atomic E-state index is 0.522. The van der Waals surface area contributed by atoms with Gasteiger partial charge in [0.05, 0.1) is 10.0 Å². The summed E-state index contributed by atoms with van der Waals surface area (Å²) in [6.45, 7) is 0. The van der Waals surface area contributed by atoms with E-state index < -0.39 is 0 Å². The molecule has 18 heavy (non-hydrogen) atoms. The Bertz CT molecular complexity index is 528. The molecule has 0 spiro atoms. The minimum Gasteiger partial charge on any atom is -0.399 e. The van der Waals surface area contributed by atoms with Gasteiger partial charge in [-0.3, -0.25) is 0 Å². The molecule has 94 valence electrons. The molecule has 4 N–H and O–H groups in total. The van der Waals surface area contributed by atoms with E-state index in [1.54, 1.807) is 24.3 Å². The molecule has 0 aliphatic heterocycles. The van der Waals surface area contributed by atoms with E-state index in [4.69, 9.17) is 34.7 Å². The van der Waals surface area contributed by atoms with Gasteiger partial charge < -0.3 is 11.5 Å². The van der Waals surface area contributed by atoms with Gasteiger partial charge in [-0.25, -0.2) is 0 Å². The Morgan fingerprint density at radius 2 is 1.06 bits per heavy atom. The minimum absolute atomic E-state index is 0.522. The molecule has 0 saturated carbocycles. The van der Waals surface area contributed by atoms with Crippen molar-refractivity contribution in [3.05, 3.63) is 43.3 Å². The highest BCUT2D eigenvalue weighted by Crippen LogP contribution is 2.44. The van der Waals surface area contributed by atoms with Crippen molar-refractivity contribution >= 4 is 66.4 Å². The Hall–Kier alpha value is -0.420. The van der Waals surface area contributed by atoms with E-state index >= 15 is 0 Å². The molecule has 0 aromatic heterocycles. The Kier molecular flexibility index (Phi) is 4.11. The molecule has 0 aliphatic carbocycles. The molecule has 6 heteroatoms. The summed E-state index contributed by atoms with van der Waals surface area (Å²) in [5, 5.41) is 1.04. The third-order valence-electron chi connectivity index (χ3n) is 2.38. The van der Waals surface area contributed by atoms with E-state index in [1.165, 1.54) is 0 Å². The van der Waals surface area contributed by atoms with Crippen LogP contribution in [-0.4, -0.2) is 0 Å². The molecule has 0 heterocycles. The molecule has 0 atom stereocenters. The fraction of sp³-hybridized carbons (Fsp3) is 0. The Labute approximate surface area is 132 Å². The van der Waals surface area contributed by atoms with Gasteiger partial charge >= 0.3 is 0 Å². The molecule has 0 fully saturated rings. The maximum atomic E-state index is 6.23. The topological polar surface area (TPSA) is 52.0 Å². The summed E-state index contributed by atoms with van der Waals surface area (Å²) in [5.41, 5.74) is 14.2.